The van der Waals surface area contributed by atoms with Crippen LogP contribution in [0.4, 0.5) is 0 Å². The maximum Gasteiger partial charge on any atom is 0.348 e. The van der Waals surface area contributed by atoms with Gasteiger partial charge in [-0.1, -0.05) is 6.92 Å². The minimum absolute atomic E-state index is 0.231. The van der Waals surface area contributed by atoms with Crippen LogP contribution in [0.15, 0.2) is 6.07 Å². The lowest BCUT2D eigenvalue weighted by Crippen LogP contribution is -2.30. The second-order valence-electron chi connectivity index (χ2n) is 5.68. The summed E-state index contributed by atoms with van der Waals surface area (Å²) >= 11 is 1.50. The molecule has 0 fully saturated rings. The van der Waals surface area contributed by atoms with Crippen molar-refractivity contribution in [3.8, 4) is 0 Å². The number of hydrogen-bond acceptors (Lipinski definition) is 5. The molecule has 0 aliphatic heterocycles. The van der Waals surface area contributed by atoms with Gasteiger partial charge in [0.25, 0.3) is 5.91 Å². The van der Waals surface area contributed by atoms with E-state index in [0.29, 0.717) is 23.9 Å². The second-order valence-corrected chi connectivity index (χ2v) is 6.82. The van der Waals surface area contributed by atoms with Gasteiger partial charge in [0.2, 0.25) is 0 Å². The second kappa shape index (κ2) is 8.29. The van der Waals surface area contributed by atoms with E-state index in [4.69, 9.17) is 9.47 Å². The van der Waals surface area contributed by atoms with E-state index in [2.05, 4.69) is 12.2 Å². The summed E-state index contributed by atoms with van der Waals surface area (Å²) in [6.45, 7) is 3.12. The zero-order valence-corrected chi connectivity index (χ0v) is 14.0. The number of nitrogens with one attached hydrogen (secondary N) is 1. The summed E-state index contributed by atoms with van der Waals surface area (Å²) in [5, 5.41) is 2.69. The highest BCUT2D eigenvalue weighted by Crippen LogP contribution is 2.32. The number of esters is 1. The third-order valence-electron chi connectivity index (χ3n) is 3.71. The summed E-state index contributed by atoms with van der Waals surface area (Å²) in [6.07, 6.45) is 3.98. The summed E-state index contributed by atoms with van der Waals surface area (Å²) in [5.41, 5.74) is 1.26. The number of aryl methyl sites for hydroxylation is 1. The molecule has 2 rings (SSSR count). The molecule has 6 heteroatoms. The number of methoxy groups -OCH3 is 1. The van der Waals surface area contributed by atoms with Gasteiger partial charge >= 0.3 is 5.97 Å². The van der Waals surface area contributed by atoms with Crippen LogP contribution in [0.25, 0.3) is 0 Å². The molecule has 1 aliphatic carbocycles. The third-order valence-corrected chi connectivity index (χ3v) is 4.93. The highest BCUT2D eigenvalue weighted by atomic mass is 32.1. The number of hydrogen-bond donors (Lipinski definition) is 1. The van der Waals surface area contributed by atoms with E-state index in [1.807, 2.05) is 6.07 Å². The standard InChI is InChI=1S/C16H23NO4S/c1-11-4-5-13-12(8-11)9-14(22-13)16(19)21-10-15(18)17-6-3-7-20-2/h9,11H,3-8,10H2,1-2H3,(H,17,18)/t11-/m1/s1. The molecule has 0 unspecified atom stereocenters. The molecule has 1 N–H and O–H groups in total. The number of carbonyl (C=O) groups is 2. The normalized spacial score (nSPS) is 16.9. The van der Waals surface area contributed by atoms with Crippen molar-refractivity contribution in [2.45, 2.75) is 32.6 Å². The Hall–Kier alpha value is -1.40. The molecule has 122 valence electrons. The Morgan fingerprint density at radius 3 is 3.05 bits per heavy atom. The first-order chi connectivity index (χ1) is 10.6. The van der Waals surface area contributed by atoms with Gasteiger partial charge in [0.15, 0.2) is 6.61 Å². The van der Waals surface area contributed by atoms with E-state index in [9.17, 15) is 9.59 Å². The van der Waals surface area contributed by atoms with Gasteiger partial charge in [-0.3, -0.25) is 4.79 Å². The molecule has 1 aromatic rings. The molecule has 0 aromatic carbocycles. The number of rotatable bonds is 7. The van der Waals surface area contributed by atoms with E-state index in [1.54, 1.807) is 7.11 Å². The molecular formula is C16H23NO4S. The largest absolute Gasteiger partial charge is 0.451 e. The molecule has 0 saturated heterocycles. The molecular weight excluding hydrogens is 302 g/mol. The van der Waals surface area contributed by atoms with Gasteiger partial charge in [0, 0.05) is 25.1 Å². The molecule has 0 bridgehead atoms. The van der Waals surface area contributed by atoms with Crippen LogP contribution in [0.3, 0.4) is 0 Å². The number of amides is 1. The van der Waals surface area contributed by atoms with Crippen LogP contribution in [-0.2, 0) is 27.1 Å². The monoisotopic (exact) mass is 325 g/mol. The van der Waals surface area contributed by atoms with Crippen LogP contribution in [0.2, 0.25) is 0 Å². The maximum absolute atomic E-state index is 12.0. The lowest BCUT2D eigenvalue weighted by atomic mass is 9.90. The van der Waals surface area contributed by atoms with Gasteiger partial charge < -0.3 is 14.8 Å². The van der Waals surface area contributed by atoms with Crippen molar-refractivity contribution < 1.29 is 19.1 Å². The number of thiophene rings is 1. The van der Waals surface area contributed by atoms with Gasteiger partial charge in [-0.15, -0.1) is 11.3 Å². The fourth-order valence-electron chi connectivity index (χ4n) is 2.50. The molecule has 1 heterocycles. The zero-order chi connectivity index (χ0) is 15.9. The molecule has 22 heavy (non-hydrogen) atoms. The van der Waals surface area contributed by atoms with Gasteiger partial charge in [-0.25, -0.2) is 4.79 Å². The van der Waals surface area contributed by atoms with Gasteiger partial charge in [0.1, 0.15) is 4.88 Å². The summed E-state index contributed by atoms with van der Waals surface area (Å²) in [4.78, 5) is 25.5. The Balaban J connectivity index is 1.77. The Kier molecular flexibility index (Phi) is 6.39. The topological polar surface area (TPSA) is 64.6 Å². The minimum atomic E-state index is -0.404. The average molecular weight is 325 g/mol. The molecule has 0 spiro atoms. The highest BCUT2D eigenvalue weighted by Gasteiger charge is 2.21. The van der Waals surface area contributed by atoms with Crippen LogP contribution in [0, 0.1) is 5.92 Å². The molecule has 1 amide bonds. The number of carbonyl (C=O) groups excluding carboxylic acids is 2. The van der Waals surface area contributed by atoms with Gasteiger partial charge in [-0.05, 0) is 43.2 Å². The summed E-state index contributed by atoms with van der Waals surface area (Å²) in [6, 6.07) is 1.93. The van der Waals surface area contributed by atoms with E-state index in [1.165, 1.54) is 28.2 Å². The van der Waals surface area contributed by atoms with Crippen LogP contribution >= 0.6 is 11.3 Å². The summed E-state index contributed by atoms with van der Waals surface area (Å²) < 4.78 is 9.97. The Bertz CT molecular complexity index is 526. The summed E-state index contributed by atoms with van der Waals surface area (Å²) in [7, 11) is 1.62. The fraction of sp³-hybridized carbons (Fsp3) is 0.625. The quantitative estimate of drug-likeness (QED) is 0.616. The van der Waals surface area contributed by atoms with Crippen LogP contribution < -0.4 is 5.32 Å². The predicted octanol–water partition coefficient (Wildman–Crippen LogP) is 2.18. The van der Waals surface area contributed by atoms with Gasteiger partial charge in [0.05, 0.1) is 0 Å². The summed E-state index contributed by atoms with van der Waals surface area (Å²) in [5.74, 6) is -0.0117. The van der Waals surface area contributed by atoms with Crippen molar-refractivity contribution in [1.82, 2.24) is 5.32 Å². The van der Waals surface area contributed by atoms with Crippen molar-refractivity contribution >= 4 is 23.2 Å². The lowest BCUT2D eigenvalue weighted by Gasteiger charge is -2.16. The first-order valence-corrected chi connectivity index (χ1v) is 8.46. The highest BCUT2D eigenvalue weighted by molar-refractivity contribution is 7.14. The van der Waals surface area contributed by atoms with Crippen LogP contribution in [0.5, 0.6) is 0 Å². The van der Waals surface area contributed by atoms with Crippen molar-refractivity contribution in [2.24, 2.45) is 5.92 Å². The molecule has 1 aromatic heterocycles. The predicted molar refractivity (Wildman–Crippen MR) is 85.3 cm³/mol. The smallest absolute Gasteiger partial charge is 0.348 e. The molecule has 0 saturated carbocycles. The first-order valence-electron chi connectivity index (χ1n) is 7.64. The first kappa shape index (κ1) is 17.0. The minimum Gasteiger partial charge on any atom is -0.451 e. The maximum atomic E-state index is 12.0. The van der Waals surface area contributed by atoms with Crippen molar-refractivity contribution in [3.63, 3.8) is 0 Å². The molecule has 0 radical (unpaired) electrons. The van der Waals surface area contributed by atoms with E-state index in [-0.39, 0.29) is 12.5 Å². The lowest BCUT2D eigenvalue weighted by molar-refractivity contribution is -0.124. The van der Waals surface area contributed by atoms with Crippen molar-refractivity contribution in [2.75, 3.05) is 26.9 Å². The van der Waals surface area contributed by atoms with Gasteiger partial charge in [-0.2, -0.15) is 0 Å². The zero-order valence-electron chi connectivity index (χ0n) is 13.1. The van der Waals surface area contributed by atoms with Crippen molar-refractivity contribution in [1.29, 1.82) is 0 Å². The fourth-order valence-corrected chi connectivity index (χ4v) is 3.61. The Labute approximate surface area is 135 Å². The third kappa shape index (κ3) is 4.81. The van der Waals surface area contributed by atoms with Crippen LogP contribution in [-0.4, -0.2) is 38.7 Å². The molecule has 1 aliphatic rings. The SMILES string of the molecule is COCCCNC(=O)COC(=O)c1cc2c(s1)CC[C@@H](C)C2. The van der Waals surface area contributed by atoms with E-state index in [0.717, 1.165) is 19.3 Å². The number of ether oxygens (including phenoxy) is 2. The van der Waals surface area contributed by atoms with E-state index < -0.39 is 5.97 Å². The van der Waals surface area contributed by atoms with E-state index >= 15 is 0 Å². The van der Waals surface area contributed by atoms with Crippen LogP contribution in [0.1, 0.15) is 39.9 Å². The molecule has 5 nitrogen and oxygen atoms in total. The Morgan fingerprint density at radius 2 is 2.27 bits per heavy atom. The van der Waals surface area contributed by atoms with Crippen molar-refractivity contribution in [3.05, 3.63) is 21.4 Å². The number of fused-ring (bicyclic) bond motifs is 1. The average Bonchev–Trinajstić information content (AvgIpc) is 2.92. The Morgan fingerprint density at radius 1 is 1.45 bits per heavy atom. The molecule has 1 atom stereocenters.